The second kappa shape index (κ2) is 3.13. The van der Waals surface area contributed by atoms with Crippen LogP contribution in [0.1, 0.15) is 26.2 Å². The molecule has 3 unspecified atom stereocenters. The molecule has 0 saturated heterocycles. The van der Waals surface area contributed by atoms with Crippen LogP contribution in [0.4, 0.5) is 0 Å². The van der Waals surface area contributed by atoms with Crippen LogP contribution < -0.4 is 0 Å². The van der Waals surface area contributed by atoms with Crippen molar-refractivity contribution in [2.75, 3.05) is 7.05 Å². The van der Waals surface area contributed by atoms with Crippen molar-refractivity contribution in [3.05, 3.63) is 0 Å². The van der Waals surface area contributed by atoms with Crippen LogP contribution in [0.5, 0.6) is 0 Å². The van der Waals surface area contributed by atoms with Gasteiger partial charge in [-0.3, -0.25) is 9.80 Å². The smallest absolute Gasteiger partial charge is 0.135 e. The van der Waals surface area contributed by atoms with E-state index in [1.165, 1.54) is 12.8 Å². The van der Waals surface area contributed by atoms with Gasteiger partial charge in [-0.2, -0.15) is 5.10 Å². The Labute approximate surface area is 78.8 Å². The van der Waals surface area contributed by atoms with Crippen LogP contribution in [0.15, 0.2) is 5.10 Å². The van der Waals surface area contributed by atoms with E-state index in [1.807, 2.05) is 18.3 Å². The Morgan fingerprint density at radius 2 is 2.31 bits per heavy atom. The molecule has 0 aromatic heterocycles. The van der Waals surface area contributed by atoms with Crippen LogP contribution >= 0.6 is 0 Å². The summed E-state index contributed by atoms with van der Waals surface area (Å²) in [5, 5.41) is 6.24. The predicted octanol–water partition coefficient (Wildman–Crippen LogP) is 1.29. The molecule has 72 valence electrons. The van der Waals surface area contributed by atoms with Gasteiger partial charge in [0, 0.05) is 25.1 Å². The van der Waals surface area contributed by atoms with Crippen LogP contribution in [0, 0.1) is 11.8 Å². The van der Waals surface area contributed by atoms with Gasteiger partial charge in [0.05, 0.1) is 6.04 Å². The van der Waals surface area contributed by atoms with Crippen LogP contribution in [-0.4, -0.2) is 30.1 Å². The number of fused-ring (bicyclic) bond motifs is 1. The van der Waals surface area contributed by atoms with Crippen LogP contribution in [0.2, 0.25) is 0 Å². The summed E-state index contributed by atoms with van der Waals surface area (Å²) in [6.07, 6.45) is 5.43. The van der Waals surface area contributed by atoms with E-state index in [0.29, 0.717) is 17.7 Å². The quantitative estimate of drug-likeness (QED) is 0.609. The molecule has 0 aromatic rings. The Bertz CT molecular complexity index is 249. The third-order valence-corrected chi connectivity index (χ3v) is 3.30. The van der Waals surface area contributed by atoms with Crippen molar-refractivity contribution in [2.24, 2.45) is 16.9 Å². The van der Waals surface area contributed by atoms with Gasteiger partial charge in [-0.15, -0.1) is 0 Å². The number of hydrogen-bond acceptors (Lipinski definition) is 3. The van der Waals surface area contributed by atoms with Crippen molar-refractivity contribution >= 4 is 12.0 Å². The number of hydrogen-bond donors (Lipinski definition) is 0. The molecule has 1 saturated carbocycles. The third kappa shape index (κ3) is 1.36. The fraction of sp³-hybridized carbons (Fsp3) is 0.800. The molecule has 0 N–H and O–H groups in total. The number of carbonyl (C=O) groups excluding carboxylic acids is 1. The molecule has 0 radical (unpaired) electrons. The number of nitrogens with zero attached hydrogens (tertiary/aromatic N) is 2. The average molecular weight is 180 g/mol. The number of ketones is 1. The standard InChI is InChI=1S/C10H16N2O/c1-7(13)9-5-3-4-8-6-11-12(2)10(8)9/h6,8-10H,3-5H2,1-2H3. The third-order valence-electron chi connectivity index (χ3n) is 3.30. The highest BCUT2D eigenvalue weighted by Gasteiger charge is 2.40. The topological polar surface area (TPSA) is 32.7 Å². The summed E-state index contributed by atoms with van der Waals surface area (Å²) in [5.41, 5.74) is 0. The van der Waals surface area contributed by atoms with Crippen LogP contribution in [-0.2, 0) is 4.79 Å². The van der Waals surface area contributed by atoms with Gasteiger partial charge in [0.1, 0.15) is 5.78 Å². The van der Waals surface area contributed by atoms with E-state index in [0.717, 1.165) is 6.42 Å². The molecule has 0 spiro atoms. The maximum Gasteiger partial charge on any atom is 0.135 e. The summed E-state index contributed by atoms with van der Waals surface area (Å²) in [4.78, 5) is 11.4. The first-order chi connectivity index (χ1) is 6.20. The minimum Gasteiger partial charge on any atom is -0.300 e. The lowest BCUT2D eigenvalue weighted by molar-refractivity contribution is -0.124. The summed E-state index contributed by atoms with van der Waals surface area (Å²) >= 11 is 0. The summed E-state index contributed by atoms with van der Waals surface area (Å²) in [6, 6.07) is 0.353. The molecule has 0 bridgehead atoms. The highest BCUT2D eigenvalue weighted by molar-refractivity contribution is 5.80. The molecule has 1 aliphatic carbocycles. The minimum atomic E-state index is 0.214. The maximum absolute atomic E-state index is 11.4. The minimum absolute atomic E-state index is 0.214. The van der Waals surface area contributed by atoms with E-state index >= 15 is 0 Å². The normalized spacial score (nSPS) is 37.7. The van der Waals surface area contributed by atoms with Crippen molar-refractivity contribution in [2.45, 2.75) is 32.2 Å². The first kappa shape index (κ1) is 8.73. The summed E-state index contributed by atoms with van der Waals surface area (Å²) in [7, 11) is 1.97. The average Bonchev–Trinajstić information content (AvgIpc) is 2.48. The predicted molar refractivity (Wildman–Crippen MR) is 51.6 cm³/mol. The molecule has 13 heavy (non-hydrogen) atoms. The number of Topliss-reactive ketones (excluding diaryl/α,β-unsaturated/α-hetero) is 1. The van der Waals surface area contributed by atoms with E-state index < -0.39 is 0 Å². The second-order valence-electron chi connectivity index (χ2n) is 4.14. The molecule has 1 aliphatic heterocycles. The van der Waals surface area contributed by atoms with Gasteiger partial charge >= 0.3 is 0 Å². The van der Waals surface area contributed by atoms with Gasteiger partial charge in [0.2, 0.25) is 0 Å². The van der Waals surface area contributed by atoms with Gasteiger partial charge in [0.15, 0.2) is 0 Å². The summed E-state index contributed by atoms with van der Waals surface area (Å²) in [6.45, 7) is 1.71. The SMILES string of the molecule is CC(=O)C1CCCC2C=NN(C)C21. The number of carbonyl (C=O) groups is 1. The van der Waals surface area contributed by atoms with Gasteiger partial charge in [-0.25, -0.2) is 0 Å². The molecule has 3 atom stereocenters. The lowest BCUT2D eigenvalue weighted by Gasteiger charge is -2.34. The fourth-order valence-corrected chi connectivity index (χ4v) is 2.63. The molecule has 1 heterocycles. The number of hydrazone groups is 1. The van der Waals surface area contributed by atoms with Gasteiger partial charge < -0.3 is 0 Å². The maximum atomic E-state index is 11.4. The zero-order valence-corrected chi connectivity index (χ0v) is 8.23. The highest BCUT2D eigenvalue weighted by atomic mass is 16.1. The Hall–Kier alpha value is -0.860. The lowest BCUT2D eigenvalue weighted by atomic mass is 9.76. The van der Waals surface area contributed by atoms with E-state index in [4.69, 9.17) is 0 Å². The van der Waals surface area contributed by atoms with Crippen LogP contribution in [0.3, 0.4) is 0 Å². The van der Waals surface area contributed by atoms with Crippen LogP contribution in [0.25, 0.3) is 0 Å². The fourth-order valence-electron chi connectivity index (χ4n) is 2.63. The molecule has 3 heteroatoms. The summed E-state index contributed by atoms with van der Waals surface area (Å²) < 4.78 is 0. The van der Waals surface area contributed by atoms with Crippen molar-refractivity contribution in [3.8, 4) is 0 Å². The van der Waals surface area contributed by atoms with E-state index in [9.17, 15) is 4.79 Å². The lowest BCUT2D eigenvalue weighted by Crippen LogP contribution is -2.42. The molecular weight excluding hydrogens is 164 g/mol. The molecule has 3 nitrogen and oxygen atoms in total. The Morgan fingerprint density at radius 3 is 3.00 bits per heavy atom. The molecule has 2 aliphatic rings. The zero-order valence-electron chi connectivity index (χ0n) is 8.23. The van der Waals surface area contributed by atoms with Crippen molar-refractivity contribution in [1.82, 2.24) is 5.01 Å². The van der Waals surface area contributed by atoms with E-state index in [1.54, 1.807) is 6.92 Å². The number of rotatable bonds is 1. The Balaban J connectivity index is 2.17. The molecule has 0 aromatic carbocycles. The monoisotopic (exact) mass is 180 g/mol. The second-order valence-corrected chi connectivity index (χ2v) is 4.14. The molecule has 1 fully saturated rings. The van der Waals surface area contributed by atoms with Crippen molar-refractivity contribution in [3.63, 3.8) is 0 Å². The van der Waals surface area contributed by atoms with Crippen molar-refractivity contribution < 1.29 is 4.79 Å². The van der Waals surface area contributed by atoms with E-state index in [2.05, 4.69) is 5.10 Å². The summed E-state index contributed by atoms with van der Waals surface area (Å²) in [5.74, 6) is 1.06. The highest BCUT2D eigenvalue weighted by Crippen LogP contribution is 2.35. The van der Waals surface area contributed by atoms with E-state index in [-0.39, 0.29) is 5.92 Å². The molecular formula is C10H16N2O. The first-order valence-corrected chi connectivity index (χ1v) is 4.97. The Kier molecular flexibility index (Phi) is 2.10. The first-order valence-electron chi connectivity index (χ1n) is 4.97. The van der Waals surface area contributed by atoms with Gasteiger partial charge in [-0.1, -0.05) is 6.42 Å². The zero-order chi connectivity index (χ0) is 9.42. The van der Waals surface area contributed by atoms with Crippen molar-refractivity contribution in [1.29, 1.82) is 0 Å². The van der Waals surface area contributed by atoms with Gasteiger partial charge in [-0.05, 0) is 19.8 Å². The van der Waals surface area contributed by atoms with Gasteiger partial charge in [0.25, 0.3) is 0 Å². The largest absolute Gasteiger partial charge is 0.300 e. The Morgan fingerprint density at radius 1 is 1.54 bits per heavy atom. The molecule has 2 rings (SSSR count). The molecule has 0 amide bonds.